The van der Waals surface area contributed by atoms with Crippen molar-refractivity contribution in [1.82, 2.24) is 16.1 Å². The average Bonchev–Trinajstić information content (AvgIpc) is 3.39. The predicted molar refractivity (Wildman–Crippen MR) is 283 cm³/mol. The number of Topliss-reactive ketones (excluding diaryl/α,β-unsaturated/α-hetero) is 3. The van der Waals surface area contributed by atoms with Crippen molar-refractivity contribution in [1.29, 1.82) is 0 Å². The molecule has 0 aliphatic rings. The third kappa shape index (κ3) is 49.4. The molecule has 25 nitrogen and oxygen atoms in total. The van der Waals surface area contributed by atoms with Crippen molar-refractivity contribution >= 4 is 35.3 Å². The molecule has 0 aliphatic heterocycles. The van der Waals surface area contributed by atoms with Crippen LogP contribution in [0.5, 0.6) is 0 Å². The molecular formula is C52H99N5O20. The first kappa shape index (κ1) is 73.6. The van der Waals surface area contributed by atoms with Gasteiger partial charge in [0.25, 0.3) is 0 Å². The number of carbonyl (C=O) groups excluding carboxylic acids is 6. The Kier molecular flexibility index (Phi) is 50.9. The van der Waals surface area contributed by atoms with E-state index in [1.165, 1.54) is 0 Å². The van der Waals surface area contributed by atoms with Gasteiger partial charge in [0.05, 0.1) is 151 Å². The van der Waals surface area contributed by atoms with E-state index in [1.807, 2.05) is 6.92 Å². The molecule has 0 saturated heterocycles. The van der Waals surface area contributed by atoms with Crippen LogP contribution in [0.15, 0.2) is 0 Å². The zero-order chi connectivity index (χ0) is 56.9. The second-order valence-electron chi connectivity index (χ2n) is 18.4. The van der Waals surface area contributed by atoms with Crippen molar-refractivity contribution in [3.05, 3.63) is 0 Å². The van der Waals surface area contributed by atoms with Gasteiger partial charge in [-0.1, -0.05) is 13.8 Å². The zero-order valence-electron chi connectivity index (χ0n) is 47.2. The zero-order valence-corrected chi connectivity index (χ0v) is 47.2. The minimum absolute atomic E-state index is 0.0324. The number of amides is 3. The summed E-state index contributed by atoms with van der Waals surface area (Å²) in [6, 6.07) is -0.825. The number of nitrogens with two attached hydrogens (primary N) is 2. The van der Waals surface area contributed by atoms with Gasteiger partial charge in [-0.2, -0.15) is 5.48 Å². The molecule has 25 heteroatoms. The highest BCUT2D eigenvalue weighted by Gasteiger charge is 2.26. The highest BCUT2D eigenvalue weighted by molar-refractivity contribution is 5.92. The predicted octanol–water partition coefficient (Wildman–Crippen LogP) is 1.65. The first-order valence-corrected chi connectivity index (χ1v) is 27.4. The van der Waals surface area contributed by atoms with E-state index in [0.29, 0.717) is 151 Å². The van der Waals surface area contributed by atoms with Crippen molar-refractivity contribution < 1.29 is 95.2 Å². The van der Waals surface area contributed by atoms with Gasteiger partial charge < -0.3 is 83.7 Å². The van der Waals surface area contributed by atoms with Crippen LogP contribution in [0.1, 0.15) is 92.4 Å². The van der Waals surface area contributed by atoms with Gasteiger partial charge in [-0.3, -0.25) is 28.8 Å². The Labute approximate surface area is 457 Å². The molecule has 0 unspecified atom stereocenters. The number of ether oxygens (including phenoxy) is 13. The number of hydrogen-bond acceptors (Lipinski definition) is 22. The number of hydroxylamine groups is 1. The molecule has 7 N–H and O–H groups in total. The lowest BCUT2D eigenvalue weighted by molar-refractivity contribution is -0.134. The summed E-state index contributed by atoms with van der Waals surface area (Å²) in [5.74, 6) is -2.49. The SMILES string of the molecule is CC[C@H](CC(=O)COCCOCCOCCOCCOCCN)C(=O)NCCCC[C@H](NC(=O)[C@H](CC)CC(=O)COCCOCCOCCOCCOCCN)C(=O)CCCOCCOCCONC(=O)OC(C)(C)C. The van der Waals surface area contributed by atoms with Gasteiger partial charge in [-0.15, -0.1) is 0 Å². The van der Waals surface area contributed by atoms with E-state index in [0.717, 1.165) is 0 Å². The first-order valence-electron chi connectivity index (χ1n) is 27.4. The van der Waals surface area contributed by atoms with Crippen LogP contribution in [-0.2, 0) is 90.4 Å². The van der Waals surface area contributed by atoms with Gasteiger partial charge >= 0.3 is 6.09 Å². The molecule has 0 spiro atoms. The van der Waals surface area contributed by atoms with Gasteiger partial charge in [0, 0.05) is 57.3 Å². The molecule has 0 rings (SSSR count). The molecule has 0 aromatic carbocycles. The van der Waals surface area contributed by atoms with Crippen LogP contribution in [0.3, 0.4) is 0 Å². The summed E-state index contributed by atoms with van der Waals surface area (Å²) in [6.45, 7) is 18.0. The summed E-state index contributed by atoms with van der Waals surface area (Å²) in [7, 11) is 0. The van der Waals surface area contributed by atoms with E-state index in [1.54, 1.807) is 27.7 Å². The fourth-order valence-corrected chi connectivity index (χ4v) is 6.60. The van der Waals surface area contributed by atoms with Crippen LogP contribution in [0.2, 0.25) is 0 Å². The maximum atomic E-state index is 13.6. The lowest BCUT2D eigenvalue weighted by atomic mass is 9.96. The van der Waals surface area contributed by atoms with E-state index >= 15 is 0 Å². The number of rotatable bonds is 58. The van der Waals surface area contributed by atoms with Crippen LogP contribution in [0, 0.1) is 11.8 Å². The highest BCUT2D eigenvalue weighted by atomic mass is 16.7. The van der Waals surface area contributed by atoms with E-state index in [-0.39, 0.29) is 115 Å². The molecule has 0 fully saturated rings. The molecule has 77 heavy (non-hydrogen) atoms. The number of nitrogens with one attached hydrogen (secondary N) is 3. The van der Waals surface area contributed by atoms with Crippen molar-refractivity contribution in [2.24, 2.45) is 23.3 Å². The van der Waals surface area contributed by atoms with E-state index in [9.17, 15) is 28.8 Å². The minimum atomic E-state index is -0.825. The van der Waals surface area contributed by atoms with E-state index in [4.69, 9.17) is 77.9 Å². The Bertz CT molecular complexity index is 1460. The van der Waals surface area contributed by atoms with Crippen molar-refractivity contribution in [3.63, 3.8) is 0 Å². The first-order chi connectivity index (χ1) is 37.3. The van der Waals surface area contributed by atoms with Crippen molar-refractivity contribution in [2.75, 3.05) is 185 Å². The summed E-state index contributed by atoms with van der Waals surface area (Å²) < 4.78 is 70.3. The maximum absolute atomic E-state index is 13.6. The van der Waals surface area contributed by atoms with Crippen LogP contribution in [0.25, 0.3) is 0 Å². The number of carbonyl (C=O) groups is 6. The van der Waals surface area contributed by atoms with Gasteiger partial charge in [0.15, 0.2) is 17.3 Å². The standard InChI is InChI=1S/C52H99N5O20/c1-6-43(39-45(58)41-74-35-33-71-31-29-69-27-25-67-23-20-65-17-13-53)49(61)55-15-9-8-11-47(48(60)12-10-16-64-19-22-73-37-38-76-57-51(63)77-52(3,4)5)56-50(62)44(7-2)40-46(59)42-75-36-34-72-32-30-70-28-26-68-24-21-66-18-14-54/h43-44,47H,6-42,53-54H2,1-5H3,(H,55,61)(H,56,62)(H,57,63)/t43-,44-,47+/m1/s1. The lowest BCUT2D eigenvalue weighted by Gasteiger charge is -2.22. The second kappa shape index (κ2) is 53.3. The topological polar surface area (TPSA) is 320 Å². The Morgan fingerprint density at radius 3 is 1.23 bits per heavy atom. The normalized spacial score (nSPS) is 12.8. The van der Waals surface area contributed by atoms with Crippen molar-refractivity contribution in [3.8, 4) is 0 Å². The molecule has 0 aliphatic carbocycles. The number of ketones is 3. The molecule has 3 atom stereocenters. The van der Waals surface area contributed by atoms with E-state index < -0.39 is 35.5 Å². The van der Waals surface area contributed by atoms with Gasteiger partial charge in [0.2, 0.25) is 11.8 Å². The lowest BCUT2D eigenvalue weighted by Crippen LogP contribution is -2.44. The maximum Gasteiger partial charge on any atom is 0.431 e. The monoisotopic (exact) mass is 1110 g/mol. The summed E-state index contributed by atoms with van der Waals surface area (Å²) in [4.78, 5) is 82.3. The summed E-state index contributed by atoms with van der Waals surface area (Å²) >= 11 is 0. The molecule has 0 radical (unpaired) electrons. The molecule has 0 aromatic heterocycles. The summed E-state index contributed by atoms with van der Waals surface area (Å²) in [5, 5.41) is 5.80. The quantitative estimate of drug-likeness (QED) is 0.0427. The molecule has 3 amide bonds. The fourth-order valence-electron chi connectivity index (χ4n) is 6.60. The minimum Gasteiger partial charge on any atom is -0.442 e. The third-order valence-electron chi connectivity index (χ3n) is 10.6. The highest BCUT2D eigenvalue weighted by Crippen LogP contribution is 2.14. The average molecular weight is 1110 g/mol. The molecule has 0 heterocycles. The number of hydrogen-bond donors (Lipinski definition) is 5. The van der Waals surface area contributed by atoms with Crippen LogP contribution >= 0.6 is 0 Å². The molecule has 0 saturated carbocycles. The van der Waals surface area contributed by atoms with Crippen molar-refractivity contribution in [2.45, 2.75) is 104 Å². The van der Waals surface area contributed by atoms with Crippen LogP contribution in [-0.4, -0.2) is 232 Å². The number of unbranched alkanes of at least 4 members (excludes halogenated alkanes) is 1. The smallest absolute Gasteiger partial charge is 0.431 e. The van der Waals surface area contributed by atoms with E-state index in [2.05, 4.69) is 16.1 Å². The molecular weight excluding hydrogens is 1010 g/mol. The van der Waals surface area contributed by atoms with Gasteiger partial charge in [-0.05, 0) is 59.3 Å². The Hall–Kier alpha value is -3.38. The summed E-state index contributed by atoms with van der Waals surface area (Å²) in [6.07, 6.45) is 1.94. The molecule has 452 valence electrons. The largest absolute Gasteiger partial charge is 0.442 e. The Balaban J connectivity index is 4.82. The van der Waals surface area contributed by atoms with Gasteiger partial charge in [-0.25, -0.2) is 4.79 Å². The summed E-state index contributed by atoms with van der Waals surface area (Å²) in [5.41, 5.74) is 12.3. The van der Waals surface area contributed by atoms with Gasteiger partial charge in [0.1, 0.15) is 18.8 Å². The fraction of sp³-hybridized carbons (Fsp3) is 0.885. The second-order valence-corrected chi connectivity index (χ2v) is 18.4. The van der Waals surface area contributed by atoms with Crippen LogP contribution < -0.4 is 27.6 Å². The molecule has 0 bridgehead atoms. The molecule has 0 aromatic rings. The Morgan fingerprint density at radius 1 is 0.455 bits per heavy atom. The third-order valence-corrected chi connectivity index (χ3v) is 10.6. The van der Waals surface area contributed by atoms with Crippen LogP contribution in [0.4, 0.5) is 4.79 Å². The Morgan fingerprint density at radius 2 is 0.831 bits per heavy atom.